The minimum absolute atomic E-state index is 0.126. The Balaban J connectivity index is 1.56. The van der Waals surface area contributed by atoms with E-state index >= 15 is 0 Å². The molecule has 1 aliphatic heterocycles. The lowest BCUT2D eigenvalue weighted by Gasteiger charge is -2.26. The first-order chi connectivity index (χ1) is 16.9. The Kier molecular flexibility index (Phi) is 6.68. The fourth-order valence-corrected chi connectivity index (χ4v) is 3.41. The Morgan fingerprint density at radius 2 is 1.74 bits per heavy atom. The van der Waals surface area contributed by atoms with Gasteiger partial charge in [-0.05, 0) is 65.7 Å². The number of benzene rings is 3. The molecule has 0 aliphatic carbocycles. The highest BCUT2D eigenvalue weighted by Gasteiger charge is 2.36. The summed E-state index contributed by atoms with van der Waals surface area (Å²) < 4.78 is 23.7. The molecule has 1 heterocycles. The zero-order valence-corrected chi connectivity index (χ0v) is 18.5. The summed E-state index contributed by atoms with van der Waals surface area (Å²) in [6, 6.07) is 17.3. The Morgan fingerprint density at radius 3 is 2.46 bits per heavy atom. The summed E-state index contributed by atoms with van der Waals surface area (Å²) in [6.45, 7) is 0.126. The SMILES string of the molecule is COC(=O)c1ccc(N2C(=O)NC(=O)/C(=C/c3cccc(OCc4cccc(F)c4)c3)C2=O)cc1. The van der Waals surface area contributed by atoms with Crippen LogP contribution in [0.3, 0.4) is 0 Å². The Hall–Kier alpha value is -4.79. The third-order valence-electron chi connectivity index (χ3n) is 5.11. The first-order valence-corrected chi connectivity index (χ1v) is 10.4. The van der Waals surface area contributed by atoms with Crippen molar-refractivity contribution in [1.82, 2.24) is 5.32 Å². The molecule has 9 heteroatoms. The topological polar surface area (TPSA) is 102 Å². The van der Waals surface area contributed by atoms with Gasteiger partial charge in [0.05, 0.1) is 18.4 Å². The van der Waals surface area contributed by atoms with Gasteiger partial charge in [-0.15, -0.1) is 0 Å². The highest BCUT2D eigenvalue weighted by molar-refractivity contribution is 6.39. The molecule has 4 rings (SSSR count). The van der Waals surface area contributed by atoms with Crippen molar-refractivity contribution in [2.75, 3.05) is 12.0 Å². The van der Waals surface area contributed by atoms with E-state index in [0.717, 1.165) is 4.90 Å². The molecule has 0 aromatic heterocycles. The number of amides is 4. The van der Waals surface area contributed by atoms with E-state index in [1.807, 2.05) is 0 Å². The molecule has 3 aromatic rings. The van der Waals surface area contributed by atoms with Crippen molar-refractivity contribution >= 4 is 35.6 Å². The number of nitrogens with one attached hydrogen (secondary N) is 1. The van der Waals surface area contributed by atoms with Gasteiger partial charge in [-0.3, -0.25) is 14.9 Å². The maximum Gasteiger partial charge on any atom is 0.337 e. The molecule has 0 bridgehead atoms. The number of anilines is 1. The maximum atomic E-state index is 13.4. The molecule has 1 aliphatic rings. The molecular weight excluding hydrogens is 455 g/mol. The van der Waals surface area contributed by atoms with Gasteiger partial charge < -0.3 is 9.47 Å². The third-order valence-corrected chi connectivity index (χ3v) is 5.11. The second-order valence-corrected chi connectivity index (χ2v) is 7.49. The molecule has 4 amide bonds. The van der Waals surface area contributed by atoms with E-state index in [-0.39, 0.29) is 29.2 Å². The zero-order chi connectivity index (χ0) is 24.9. The van der Waals surface area contributed by atoms with Gasteiger partial charge in [0, 0.05) is 0 Å². The molecule has 1 N–H and O–H groups in total. The Morgan fingerprint density at radius 1 is 1.00 bits per heavy atom. The number of esters is 1. The van der Waals surface area contributed by atoms with E-state index in [2.05, 4.69) is 10.1 Å². The molecule has 0 radical (unpaired) electrons. The van der Waals surface area contributed by atoms with Crippen LogP contribution in [0.25, 0.3) is 6.08 Å². The van der Waals surface area contributed by atoms with E-state index in [0.29, 0.717) is 16.9 Å². The van der Waals surface area contributed by atoms with Crippen LogP contribution in [0.2, 0.25) is 0 Å². The van der Waals surface area contributed by atoms with Crippen molar-refractivity contribution in [1.29, 1.82) is 0 Å². The number of hydrogen-bond acceptors (Lipinski definition) is 6. The van der Waals surface area contributed by atoms with Gasteiger partial charge in [-0.2, -0.15) is 0 Å². The van der Waals surface area contributed by atoms with Gasteiger partial charge in [0.15, 0.2) is 0 Å². The highest BCUT2D eigenvalue weighted by Crippen LogP contribution is 2.24. The Labute approximate surface area is 199 Å². The summed E-state index contributed by atoms with van der Waals surface area (Å²) in [4.78, 5) is 50.3. The molecule has 0 saturated carbocycles. The molecule has 0 unspecified atom stereocenters. The molecule has 1 fully saturated rings. The van der Waals surface area contributed by atoms with Crippen molar-refractivity contribution < 1.29 is 33.0 Å². The number of urea groups is 1. The van der Waals surface area contributed by atoms with E-state index in [1.54, 1.807) is 36.4 Å². The number of hydrogen-bond donors (Lipinski definition) is 1. The van der Waals surface area contributed by atoms with Crippen LogP contribution < -0.4 is 15.0 Å². The minimum Gasteiger partial charge on any atom is -0.489 e. The molecule has 8 nitrogen and oxygen atoms in total. The monoisotopic (exact) mass is 474 g/mol. The van der Waals surface area contributed by atoms with Crippen LogP contribution in [0.15, 0.2) is 78.4 Å². The largest absolute Gasteiger partial charge is 0.489 e. The van der Waals surface area contributed by atoms with Crippen molar-refractivity contribution in [2.24, 2.45) is 0 Å². The van der Waals surface area contributed by atoms with Gasteiger partial charge >= 0.3 is 12.0 Å². The number of methoxy groups -OCH3 is 1. The normalized spacial score (nSPS) is 14.6. The van der Waals surface area contributed by atoms with Crippen LogP contribution in [0.5, 0.6) is 5.75 Å². The summed E-state index contributed by atoms with van der Waals surface area (Å²) in [5.41, 5.74) is 1.27. The predicted molar refractivity (Wildman–Crippen MR) is 124 cm³/mol. The van der Waals surface area contributed by atoms with Crippen molar-refractivity contribution in [3.05, 3.63) is 101 Å². The number of barbiturate groups is 1. The van der Waals surface area contributed by atoms with Crippen molar-refractivity contribution in [3.63, 3.8) is 0 Å². The summed E-state index contributed by atoms with van der Waals surface area (Å²) in [6.07, 6.45) is 1.34. The summed E-state index contributed by atoms with van der Waals surface area (Å²) in [5.74, 6) is -2.16. The fraction of sp³-hybridized carbons (Fsp3) is 0.0769. The standard InChI is InChI=1S/C26H19FN2O6/c1-34-25(32)18-8-10-20(11-9-18)29-24(31)22(23(30)28-26(29)33)14-16-4-3-7-21(13-16)35-15-17-5-2-6-19(27)12-17/h2-14H,15H2,1H3,(H,28,30,33)/b22-14-. The number of nitrogens with zero attached hydrogens (tertiary/aromatic N) is 1. The lowest BCUT2D eigenvalue weighted by atomic mass is 10.1. The fourth-order valence-electron chi connectivity index (χ4n) is 3.41. The van der Waals surface area contributed by atoms with Crippen LogP contribution >= 0.6 is 0 Å². The zero-order valence-electron chi connectivity index (χ0n) is 18.5. The average Bonchev–Trinajstić information content (AvgIpc) is 2.85. The second kappa shape index (κ2) is 10.0. The van der Waals surface area contributed by atoms with Gasteiger partial charge in [-0.1, -0.05) is 24.3 Å². The summed E-state index contributed by atoms with van der Waals surface area (Å²) in [5, 5.41) is 2.14. The summed E-state index contributed by atoms with van der Waals surface area (Å²) in [7, 11) is 1.24. The molecule has 3 aromatic carbocycles. The number of imide groups is 2. The van der Waals surface area contributed by atoms with Crippen molar-refractivity contribution in [2.45, 2.75) is 6.61 Å². The highest BCUT2D eigenvalue weighted by atomic mass is 19.1. The van der Waals surface area contributed by atoms with Gasteiger partial charge in [0.25, 0.3) is 11.8 Å². The second-order valence-electron chi connectivity index (χ2n) is 7.49. The molecule has 176 valence electrons. The van der Waals surface area contributed by atoms with Crippen LogP contribution in [0.1, 0.15) is 21.5 Å². The van der Waals surface area contributed by atoms with E-state index in [9.17, 15) is 23.6 Å². The lowest BCUT2D eigenvalue weighted by molar-refractivity contribution is -0.122. The third kappa shape index (κ3) is 5.25. The molecule has 0 spiro atoms. The first kappa shape index (κ1) is 23.4. The van der Waals surface area contributed by atoms with Gasteiger partial charge in [0.2, 0.25) is 0 Å². The Bertz CT molecular complexity index is 1350. The van der Waals surface area contributed by atoms with E-state index in [4.69, 9.17) is 4.74 Å². The number of halogens is 1. The number of carbonyl (C=O) groups is 4. The maximum absolute atomic E-state index is 13.4. The van der Waals surface area contributed by atoms with E-state index in [1.165, 1.54) is 49.6 Å². The van der Waals surface area contributed by atoms with Gasteiger partial charge in [-0.25, -0.2) is 18.9 Å². The smallest absolute Gasteiger partial charge is 0.337 e. The molecule has 35 heavy (non-hydrogen) atoms. The predicted octanol–water partition coefficient (Wildman–Crippen LogP) is 3.86. The quantitative estimate of drug-likeness (QED) is 0.331. The van der Waals surface area contributed by atoms with Crippen LogP contribution in [0, 0.1) is 5.82 Å². The van der Waals surface area contributed by atoms with Crippen molar-refractivity contribution in [3.8, 4) is 5.75 Å². The van der Waals surface area contributed by atoms with Crippen LogP contribution in [-0.4, -0.2) is 30.9 Å². The lowest BCUT2D eigenvalue weighted by Crippen LogP contribution is -2.54. The van der Waals surface area contributed by atoms with E-state index < -0.39 is 23.8 Å². The van der Waals surface area contributed by atoms with Crippen LogP contribution in [-0.2, 0) is 20.9 Å². The molecule has 1 saturated heterocycles. The summed E-state index contributed by atoms with van der Waals surface area (Å²) >= 11 is 0. The van der Waals surface area contributed by atoms with Gasteiger partial charge in [0.1, 0.15) is 23.7 Å². The first-order valence-electron chi connectivity index (χ1n) is 10.4. The molecular formula is C26H19FN2O6. The average molecular weight is 474 g/mol. The minimum atomic E-state index is -0.907. The molecule has 0 atom stereocenters. The number of ether oxygens (including phenoxy) is 2. The van der Waals surface area contributed by atoms with Crippen LogP contribution in [0.4, 0.5) is 14.9 Å². The number of rotatable bonds is 6. The number of carbonyl (C=O) groups excluding carboxylic acids is 4.